The maximum absolute atomic E-state index is 12.9. The van der Waals surface area contributed by atoms with Crippen LogP contribution in [-0.4, -0.2) is 28.8 Å². The molecule has 0 bridgehead atoms. The van der Waals surface area contributed by atoms with Crippen molar-refractivity contribution in [2.45, 2.75) is 25.5 Å². The van der Waals surface area contributed by atoms with E-state index in [1.54, 1.807) is 55.6 Å². The zero-order valence-corrected chi connectivity index (χ0v) is 14.8. The Morgan fingerprint density at radius 3 is 2.64 bits per heavy atom. The summed E-state index contributed by atoms with van der Waals surface area (Å²) in [5.41, 5.74) is 0.182. The van der Waals surface area contributed by atoms with E-state index in [0.717, 1.165) is 10.7 Å². The summed E-state index contributed by atoms with van der Waals surface area (Å²) in [4.78, 5) is 12.9. The molecule has 1 heterocycles. The Hall–Kier alpha value is -2.37. The number of methoxy groups -OCH3 is 1. The zero-order chi connectivity index (χ0) is 18.0. The summed E-state index contributed by atoms with van der Waals surface area (Å²) in [7, 11) is 1.58. The first-order valence-electron chi connectivity index (χ1n) is 8.01. The van der Waals surface area contributed by atoms with Crippen molar-refractivity contribution in [3.8, 4) is 5.75 Å². The third kappa shape index (κ3) is 3.25. The Morgan fingerprint density at radius 2 is 2.04 bits per heavy atom. The third-order valence-corrected chi connectivity index (χ3v) is 4.50. The fraction of sp³-hybridized carbons (Fsp3) is 0.263. The number of amides is 1. The molecule has 1 atom stereocenters. The van der Waals surface area contributed by atoms with E-state index in [1.165, 1.54) is 0 Å². The first-order valence-corrected chi connectivity index (χ1v) is 8.39. The van der Waals surface area contributed by atoms with E-state index in [9.17, 15) is 9.90 Å². The Morgan fingerprint density at radius 1 is 1.32 bits per heavy atom. The second-order valence-electron chi connectivity index (χ2n) is 5.87. The minimum Gasteiger partial charge on any atom is -0.497 e. The Kier molecular flexibility index (Phi) is 4.79. The molecule has 130 valence electrons. The second-order valence-corrected chi connectivity index (χ2v) is 6.31. The van der Waals surface area contributed by atoms with Gasteiger partial charge >= 0.3 is 0 Å². The van der Waals surface area contributed by atoms with Crippen LogP contribution in [0.15, 0.2) is 53.6 Å². The van der Waals surface area contributed by atoms with Gasteiger partial charge in [0.25, 0.3) is 5.91 Å². The summed E-state index contributed by atoms with van der Waals surface area (Å²) in [5.74, 6) is 0.277. The normalized spacial score (nSPS) is 19.7. The van der Waals surface area contributed by atoms with Crippen molar-refractivity contribution < 1.29 is 14.6 Å². The van der Waals surface area contributed by atoms with Crippen molar-refractivity contribution in [2.75, 3.05) is 7.11 Å². The van der Waals surface area contributed by atoms with Gasteiger partial charge in [-0.2, -0.15) is 10.1 Å². The molecule has 5 nitrogen and oxygen atoms in total. The fourth-order valence-electron chi connectivity index (χ4n) is 2.85. The van der Waals surface area contributed by atoms with E-state index in [0.29, 0.717) is 28.3 Å². The van der Waals surface area contributed by atoms with E-state index < -0.39 is 11.6 Å². The van der Waals surface area contributed by atoms with Crippen molar-refractivity contribution in [1.29, 1.82) is 0 Å². The Balaban J connectivity index is 2.01. The minimum atomic E-state index is -1.53. The molecule has 1 unspecified atom stereocenters. The molecule has 1 amide bonds. The predicted octanol–water partition coefficient (Wildman–Crippen LogP) is 3.81. The molecular formula is C19H19ClN2O3. The maximum Gasteiger partial charge on any atom is 0.276 e. The number of nitrogens with zero attached hydrogens (tertiary/aromatic N) is 2. The molecule has 3 rings (SSSR count). The van der Waals surface area contributed by atoms with Gasteiger partial charge in [-0.3, -0.25) is 4.79 Å². The van der Waals surface area contributed by atoms with Crippen molar-refractivity contribution in [2.24, 2.45) is 5.10 Å². The lowest BCUT2D eigenvalue weighted by atomic mass is 9.96. The van der Waals surface area contributed by atoms with Crippen LogP contribution in [0.5, 0.6) is 5.75 Å². The topological polar surface area (TPSA) is 62.1 Å². The highest BCUT2D eigenvalue weighted by Crippen LogP contribution is 2.37. The average Bonchev–Trinajstić information content (AvgIpc) is 2.99. The highest BCUT2D eigenvalue weighted by Gasteiger charge is 2.45. The van der Waals surface area contributed by atoms with E-state index in [4.69, 9.17) is 16.3 Å². The molecule has 0 aliphatic carbocycles. The van der Waals surface area contributed by atoms with Crippen molar-refractivity contribution in [3.63, 3.8) is 0 Å². The number of carbonyl (C=O) groups is 1. The van der Waals surface area contributed by atoms with Crippen LogP contribution >= 0.6 is 11.6 Å². The number of hydrazone groups is 1. The number of ether oxygens (including phenoxy) is 1. The zero-order valence-electron chi connectivity index (χ0n) is 14.1. The molecule has 2 aromatic carbocycles. The average molecular weight is 359 g/mol. The minimum absolute atomic E-state index is 0.266. The van der Waals surface area contributed by atoms with Crippen molar-refractivity contribution in [1.82, 2.24) is 5.01 Å². The van der Waals surface area contributed by atoms with Gasteiger partial charge in [0.05, 0.1) is 7.11 Å². The number of aliphatic hydroxyl groups is 1. The summed E-state index contributed by atoms with van der Waals surface area (Å²) in [6.45, 7) is 1.95. The molecule has 1 N–H and O–H groups in total. The lowest BCUT2D eigenvalue weighted by Crippen LogP contribution is -2.43. The van der Waals surface area contributed by atoms with E-state index in [-0.39, 0.29) is 6.42 Å². The number of halogens is 1. The van der Waals surface area contributed by atoms with Gasteiger partial charge in [-0.25, -0.2) is 0 Å². The number of rotatable bonds is 4. The number of hydrogen-bond acceptors (Lipinski definition) is 4. The van der Waals surface area contributed by atoms with Gasteiger partial charge in [0.15, 0.2) is 5.72 Å². The van der Waals surface area contributed by atoms with Crippen LogP contribution < -0.4 is 4.74 Å². The van der Waals surface area contributed by atoms with E-state index >= 15 is 0 Å². The van der Waals surface area contributed by atoms with E-state index in [1.807, 2.05) is 6.92 Å². The fourth-order valence-corrected chi connectivity index (χ4v) is 3.04. The lowest BCUT2D eigenvalue weighted by Gasteiger charge is -2.31. The Labute approximate surface area is 151 Å². The van der Waals surface area contributed by atoms with Crippen LogP contribution in [0.3, 0.4) is 0 Å². The van der Waals surface area contributed by atoms with Crippen LogP contribution in [0, 0.1) is 0 Å². The van der Waals surface area contributed by atoms with Gasteiger partial charge in [0.2, 0.25) is 0 Å². The van der Waals surface area contributed by atoms with Gasteiger partial charge in [0, 0.05) is 28.3 Å². The number of hydrogen-bond donors (Lipinski definition) is 1. The van der Waals surface area contributed by atoms with Gasteiger partial charge < -0.3 is 9.84 Å². The smallest absolute Gasteiger partial charge is 0.276 e. The molecule has 2 aromatic rings. The van der Waals surface area contributed by atoms with Crippen LogP contribution in [-0.2, 0) is 5.72 Å². The van der Waals surface area contributed by atoms with Crippen LogP contribution in [0.1, 0.15) is 35.7 Å². The van der Waals surface area contributed by atoms with Crippen LogP contribution in [0.25, 0.3) is 0 Å². The van der Waals surface area contributed by atoms with Crippen molar-refractivity contribution in [3.05, 3.63) is 64.7 Å². The summed E-state index contributed by atoms with van der Waals surface area (Å²) in [6.07, 6.45) is 0.917. The van der Waals surface area contributed by atoms with Crippen molar-refractivity contribution >= 4 is 23.2 Å². The quantitative estimate of drug-likeness (QED) is 0.904. The van der Waals surface area contributed by atoms with E-state index in [2.05, 4.69) is 5.10 Å². The number of benzene rings is 2. The largest absolute Gasteiger partial charge is 0.497 e. The molecule has 1 aliphatic rings. The van der Waals surface area contributed by atoms with Gasteiger partial charge in [-0.1, -0.05) is 36.7 Å². The lowest BCUT2D eigenvalue weighted by molar-refractivity contribution is -0.0765. The van der Waals surface area contributed by atoms with Gasteiger partial charge in [-0.15, -0.1) is 0 Å². The molecule has 0 radical (unpaired) electrons. The van der Waals surface area contributed by atoms with Crippen LogP contribution in [0.4, 0.5) is 0 Å². The highest BCUT2D eigenvalue weighted by molar-refractivity contribution is 6.31. The van der Waals surface area contributed by atoms with Gasteiger partial charge in [0.1, 0.15) is 5.75 Å². The number of carbonyl (C=O) groups excluding carboxylic acids is 1. The summed E-state index contributed by atoms with van der Waals surface area (Å²) in [5, 5.41) is 17.3. The molecule has 25 heavy (non-hydrogen) atoms. The molecule has 6 heteroatoms. The third-order valence-electron chi connectivity index (χ3n) is 4.27. The molecule has 0 saturated carbocycles. The Bertz CT molecular complexity index is 820. The molecule has 1 aliphatic heterocycles. The first kappa shape index (κ1) is 17.5. The molecule has 0 fully saturated rings. The predicted molar refractivity (Wildman–Crippen MR) is 96.9 cm³/mol. The maximum atomic E-state index is 12.9. The highest BCUT2D eigenvalue weighted by atomic mass is 35.5. The monoisotopic (exact) mass is 358 g/mol. The molecule has 0 aromatic heterocycles. The first-order chi connectivity index (χ1) is 12.0. The molecular weight excluding hydrogens is 340 g/mol. The molecule has 0 saturated heterocycles. The summed E-state index contributed by atoms with van der Waals surface area (Å²) in [6, 6.07) is 13.6. The summed E-state index contributed by atoms with van der Waals surface area (Å²) < 4.78 is 5.16. The SMILES string of the molecule is CCC1=NN(C(=O)c2cccc(Cl)c2)C(O)(c2ccc(OC)cc2)C1. The molecule has 0 spiro atoms. The summed E-state index contributed by atoms with van der Waals surface area (Å²) >= 11 is 5.99. The standard InChI is InChI=1S/C19H19ClN2O3/c1-3-16-12-19(24,14-7-9-17(25-2)10-8-14)22(21-16)18(23)13-5-4-6-15(20)11-13/h4-11,24H,3,12H2,1-2H3. The van der Waals surface area contributed by atoms with Gasteiger partial charge in [-0.05, 0) is 36.8 Å². The second kappa shape index (κ2) is 6.86. The van der Waals surface area contributed by atoms with Crippen LogP contribution in [0.2, 0.25) is 5.02 Å².